The SMILES string of the molecule is COC(=O)[C@H]1[C@@H]2c3ccccc3O[C@]1(C)N=c1s/c(=C/c3ccc(OC(C)C)cc3)c(=O)n12. The number of methoxy groups -OCH3 is 1. The van der Waals surface area contributed by atoms with E-state index in [1.807, 2.05) is 68.5 Å². The summed E-state index contributed by atoms with van der Waals surface area (Å²) < 4.78 is 19.1. The molecule has 0 spiro atoms. The zero-order valence-electron chi connectivity index (χ0n) is 18.8. The van der Waals surface area contributed by atoms with Gasteiger partial charge in [-0.15, -0.1) is 0 Å². The Bertz CT molecular complexity index is 1410. The Labute approximate surface area is 194 Å². The summed E-state index contributed by atoms with van der Waals surface area (Å²) in [6.07, 6.45) is 1.92. The normalized spacial score (nSPS) is 23.2. The smallest absolute Gasteiger partial charge is 0.317 e. The number of esters is 1. The lowest BCUT2D eigenvalue weighted by atomic mass is 9.81. The Morgan fingerprint density at radius 2 is 1.94 bits per heavy atom. The van der Waals surface area contributed by atoms with Crippen molar-refractivity contribution in [3.05, 3.63) is 79.3 Å². The fourth-order valence-electron chi connectivity index (χ4n) is 4.50. The molecule has 0 unspecified atom stereocenters. The van der Waals surface area contributed by atoms with Crippen LogP contribution in [0.4, 0.5) is 0 Å². The molecule has 33 heavy (non-hydrogen) atoms. The van der Waals surface area contributed by atoms with E-state index in [0.29, 0.717) is 15.1 Å². The van der Waals surface area contributed by atoms with Gasteiger partial charge >= 0.3 is 5.97 Å². The van der Waals surface area contributed by atoms with E-state index < -0.39 is 23.7 Å². The average Bonchev–Trinajstić information content (AvgIpc) is 3.07. The van der Waals surface area contributed by atoms with E-state index in [-0.39, 0.29) is 11.7 Å². The van der Waals surface area contributed by atoms with Crippen molar-refractivity contribution in [2.24, 2.45) is 10.9 Å². The molecule has 0 fully saturated rings. The lowest BCUT2D eigenvalue weighted by Crippen LogP contribution is -2.58. The van der Waals surface area contributed by atoms with Crippen LogP contribution < -0.4 is 24.4 Å². The van der Waals surface area contributed by atoms with Crippen molar-refractivity contribution in [2.45, 2.75) is 38.6 Å². The highest BCUT2D eigenvalue weighted by Crippen LogP contribution is 2.47. The van der Waals surface area contributed by atoms with E-state index in [0.717, 1.165) is 16.9 Å². The molecule has 7 nitrogen and oxygen atoms in total. The summed E-state index contributed by atoms with van der Waals surface area (Å²) in [6.45, 7) is 5.71. The van der Waals surface area contributed by atoms with Gasteiger partial charge in [0.1, 0.15) is 17.4 Å². The lowest BCUT2D eigenvalue weighted by Gasteiger charge is -2.44. The molecule has 3 atom stereocenters. The third kappa shape index (κ3) is 3.54. The van der Waals surface area contributed by atoms with E-state index in [1.54, 1.807) is 11.5 Å². The zero-order valence-corrected chi connectivity index (χ0v) is 19.6. The number of nitrogens with zero attached hydrogens (tertiary/aromatic N) is 2. The molecule has 3 aromatic rings. The minimum absolute atomic E-state index is 0.0867. The van der Waals surface area contributed by atoms with Crippen LogP contribution in [0.2, 0.25) is 0 Å². The summed E-state index contributed by atoms with van der Waals surface area (Å²) in [5, 5.41) is 0. The van der Waals surface area contributed by atoms with Gasteiger partial charge in [-0.05, 0) is 50.6 Å². The number of fused-ring (bicyclic) bond motifs is 6. The summed E-state index contributed by atoms with van der Waals surface area (Å²) in [5.74, 6) is 0.146. The highest BCUT2D eigenvalue weighted by atomic mass is 32.1. The molecule has 0 saturated carbocycles. The van der Waals surface area contributed by atoms with Crippen molar-refractivity contribution in [3.63, 3.8) is 0 Å². The molecule has 8 heteroatoms. The van der Waals surface area contributed by atoms with E-state index >= 15 is 0 Å². The summed E-state index contributed by atoms with van der Waals surface area (Å²) in [5.41, 5.74) is 0.274. The number of hydrogen-bond donors (Lipinski definition) is 0. The van der Waals surface area contributed by atoms with Crippen LogP contribution in [0.3, 0.4) is 0 Å². The zero-order chi connectivity index (χ0) is 23.3. The van der Waals surface area contributed by atoms with Crippen LogP contribution in [0.25, 0.3) is 6.08 Å². The van der Waals surface area contributed by atoms with Gasteiger partial charge in [0.2, 0.25) is 5.72 Å². The van der Waals surface area contributed by atoms with Gasteiger partial charge in [0, 0.05) is 5.56 Å². The van der Waals surface area contributed by atoms with Crippen LogP contribution in [0.15, 0.2) is 58.3 Å². The Morgan fingerprint density at radius 3 is 2.64 bits per heavy atom. The number of hydrogen-bond acceptors (Lipinski definition) is 7. The van der Waals surface area contributed by atoms with E-state index in [2.05, 4.69) is 0 Å². The van der Waals surface area contributed by atoms with Crippen molar-refractivity contribution in [3.8, 4) is 11.5 Å². The summed E-state index contributed by atoms with van der Waals surface area (Å²) in [4.78, 5) is 31.7. The lowest BCUT2D eigenvalue weighted by molar-refractivity contribution is -0.158. The Morgan fingerprint density at radius 1 is 1.21 bits per heavy atom. The largest absolute Gasteiger partial charge is 0.491 e. The maximum absolute atomic E-state index is 13.6. The van der Waals surface area contributed by atoms with Crippen LogP contribution in [-0.4, -0.2) is 29.5 Å². The summed E-state index contributed by atoms with van der Waals surface area (Å²) in [7, 11) is 1.34. The van der Waals surface area contributed by atoms with Gasteiger partial charge < -0.3 is 14.2 Å². The molecule has 1 aromatic heterocycles. The molecular formula is C25H24N2O5S. The van der Waals surface area contributed by atoms with Gasteiger partial charge in [-0.25, -0.2) is 4.99 Å². The maximum atomic E-state index is 13.6. The molecule has 170 valence electrons. The average molecular weight is 465 g/mol. The highest BCUT2D eigenvalue weighted by molar-refractivity contribution is 7.07. The van der Waals surface area contributed by atoms with Gasteiger partial charge in [-0.2, -0.15) is 0 Å². The number of thiazole rings is 1. The Kier molecular flexibility index (Phi) is 5.12. The molecule has 2 aromatic carbocycles. The molecule has 0 amide bonds. The molecule has 2 aliphatic rings. The second kappa shape index (κ2) is 7.88. The number of ether oxygens (including phenoxy) is 3. The van der Waals surface area contributed by atoms with Gasteiger partial charge in [-0.1, -0.05) is 41.7 Å². The second-order valence-electron chi connectivity index (χ2n) is 8.56. The van der Waals surface area contributed by atoms with Crippen LogP contribution in [0, 0.1) is 5.92 Å². The fraction of sp³-hybridized carbons (Fsp3) is 0.320. The second-order valence-corrected chi connectivity index (χ2v) is 9.57. The van der Waals surface area contributed by atoms with Crippen molar-refractivity contribution >= 4 is 23.4 Å². The van der Waals surface area contributed by atoms with E-state index in [9.17, 15) is 9.59 Å². The molecule has 0 radical (unpaired) electrons. The first-order chi connectivity index (χ1) is 15.8. The van der Waals surface area contributed by atoms with Crippen LogP contribution in [0.5, 0.6) is 11.5 Å². The summed E-state index contributed by atoms with van der Waals surface area (Å²) in [6, 6.07) is 14.5. The molecule has 3 heterocycles. The van der Waals surface area contributed by atoms with Crippen LogP contribution >= 0.6 is 11.3 Å². The first-order valence-electron chi connectivity index (χ1n) is 10.8. The van der Waals surface area contributed by atoms with Gasteiger partial charge in [0.15, 0.2) is 4.80 Å². The molecule has 0 N–H and O–H groups in total. The molecular weight excluding hydrogens is 440 g/mol. The minimum atomic E-state index is -1.17. The third-order valence-electron chi connectivity index (χ3n) is 5.88. The van der Waals surface area contributed by atoms with Crippen molar-refractivity contribution in [1.82, 2.24) is 4.57 Å². The van der Waals surface area contributed by atoms with Gasteiger partial charge in [0.05, 0.1) is 23.8 Å². The minimum Gasteiger partial charge on any atom is -0.491 e. The third-order valence-corrected chi connectivity index (χ3v) is 6.87. The molecule has 0 aliphatic carbocycles. The quantitative estimate of drug-likeness (QED) is 0.555. The van der Waals surface area contributed by atoms with Crippen molar-refractivity contribution < 1.29 is 19.0 Å². The van der Waals surface area contributed by atoms with Gasteiger partial charge in [0.25, 0.3) is 5.56 Å². The predicted molar refractivity (Wildman–Crippen MR) is 124 cm³/mol. The fourth-order valence-corrected chi connectivity index (χ4v) is 5.60. The number of para-hydroxylation sites is 1. The number of carbonyl (C=O) groups excluding carboxylic acids is 1. The summed E-state index contributed by atoms with van der Waals surface area (Å²) >= 11 is 1.29. The number of aromatic nitrogens is 1. The van der Waals surface area contributed by atoms with Crippen LogP contribution in [0.1, 0.15) is 37.9 Å². The number of carbonyl (C=O) groups is 1. The van der Waals surface area contributed by atoms with E-state index in [1.165, 1.54) is 18.4 Å². The monoisotopic (exact) mass is 464 g/mol. The maximum Gasteiger partial charge on any atom is 0.317 e. The first-order valence-corrected chi connectivity index (χ1v) is 11.6. The van der Waals surface area contributed by atoms with Crippen molar-refractivity contribution in [1.29, 1.82) is 0 Å². The Balaban J connectivity index is 1.67. The standard InChI is InChI=1S/C25H24N2O5S/c1-14(2)31-16-11-9-15(10-12-16)13-19-22(28)27-21-17-7-5-6-8-18(17)32-25(3,26-24(27)33-19)20(21)23(29)30-4/h5-14,20-21H,1-4H3/b19-13+/t20-,21+,25+/m1/s1. The predicted octanol–water partition coefficient (Wildman–Crippen LogP) is 2.65. The number of rotatable bonds is 4. The van der Waals surface area contributed by atoms with Crippen LogP contribution in [-0.2, 0) is 9.53 Å². The highest BCUT2D eigenvalue weighted by Gasteiger charge is 2.55. The Hall–Kier alpha value is -3.39. The van der Waals surface area contributed by atoms with Gasteiger partial charge in [-0.3, -0.25) is 14.2 Å². The first kappa shape index (κ1) is 21.5. The molecule has 0 saturated heterocycles. The molecule has 5 rings (SSSR count). The number of benzene rings is 2. The molecule has 2 bridgehead atoms. The molecule has 2 aliphatic heterocycles. The topological polar surface area (TPSA) is 79.1 Å². The van der Waals surface area contributed by atoms with Crippen molar-refractivity contribution in [2.75, 3.05) is 7.11 Å². The van der Waals surface area contributed by atoms with E-state index in [4.69, 9.17) is 19.2 Å².